The zero-order valence-electron chi connectivity index (χ0n) is 25.0. The van der Waals surface area contributed by atoms with Gasteiger partial charge in [0.2, 0.25) is 5.96 Å². The molecule has 17 heteroatoms. The Morgan fingerprint density at radius 3 is 2.29 bits per heavy atom. The summed E-state index contributed by atoms with van der Waals surface area (Å²) in [5.41, 5.74) is 3.66. The van der Waals surface area contributed by atoms with Crippen LogP contribution in [0.2, 0.25) is 0 Å². The number of alkyl halides is 6. The van der Waals surface area contributed by atoms with Crippen LogP contribution < -0.4 is 20.6 Å². The van der Waals surface area contributed by atoms with E-state index in [4.69, 9.17) is 14.5 Å². The maximum Gasteiger partial charge on any atom is 0.416 e. The first-order valence-electron chi connectivity index (χ1n) is 14.0. The maximum atomic E-state index is 13.6. The van der Waals surface area contributed by atoms with Crippen molar-refractivity contribution in [1.82, 2.24) is 21.1 Å². The predicted molar refractivity (Wildman–Crippen MR) is 155 cm³/mol. The van der Waals surface area contributed by atoms with Crippen molar-refractivity contribution < 1.29 is 44.8 Å². The average molecular weight is 665 g/mol. The second kappa shape index (κ2) is 13.8. The van der Waals surface area contributed by atoms with Crippen LogP contribution in [0.1, 0.15) is 55.0 Å². The molecule has 10 nitrogen and oxygen atoms in total. The topological polar surface area (TPSA) is 98.7 Å². The molecule has 2 N–H and O–H groups in total. The summed E-state index contributed by atoms with van der Waals surface area (Å²) in [6.07, 6.45) is -8.23. The van der Waals surface area contributed by atoms with Gasteiger partial charge in [0.1, 0.15) is 5.75 Å². The molecule has 45 heavy (non-hydrogen) atoms. The lowest BCUT2D eigenvalue weighted by Gasteiger charge is -2.39. The number of carbonyl (C=O) groups excluding carboxylic acids is 1. The molecule has 3 atom stereocenters. The van der Waals surface area contributed by atoms with Crippen molar-refractivity contribution in [1.29, 1.82) is 0 Å². The average Bonchev–Trinajstić information content (AvgIpc) is 3.34. The molecule has 0 radical (unpaired) electrons. The Kier molecular flexibility index (Phi) is 10.5. The van der Waals surface area contributed by atoms with Crippen molar-refractivity contribution in [2.75, 3.05) is 37.2 Å². The molecular formula is C28H34F6N6O4S. The summed E-state index contributed by atoms with van der Waals surface area (Å²) in [5, 5.41) is 2.76. The number of carbonyl (C=O) groups is 1. The fourth-order valence-corrected chi connectivity index (χ4v) is 5.61. The van der Waals surface area contributed by atoms with E-state index in [-0.39, 0.29) is 42.5 Å². The van der Waals surface area contributed by atoms with Gasteiger partial charge in [-0.1, -0.05) is 6.92 Å². The molecule has 0 aliphatic carbocycles. The van der Waals surface area contributed by atoms with Gasteiger partial charge >= 0.3 is 18.4 Å². The molecule has 0 saturated carbocycles. The van der Waals surface area contributed by atoms with E-state index in [1.54, 1.807) is 30.0 Å². The number of hydrogen-bond acceptors (Lipinski definition) is 7. The lowest BCUT2D eigenvalue weighted by molar-refractivity contribution is -0.143. The number of nitrogens with zero attached hydrogens (tertiary/aromatic N) is 4. The molecule has 2 heterocycles. The van der Waals surface area contributed by atoms with Gasteiger partial charge in [0.25, 0.3) is 0 Å². The van der Waals surface area contributed by atoms with E-state index in [2.05, 4.69) is 11.0 Å². The number of hydrogen-bond donors (Lipinski definition) is 2. The molecule has 2 aliphatic heterocycles. The van der Waals surface area contributed by atoms with Gasteiger partial charge in [-0.15, -0.1) is 10.7 Å². The van der Waals surface area contributed by atoms with Crippen molar-refractivity contribution in [3.05, 3.63) is 58.7 Å². The number of hydrazine groups is 3. The predicted octanol–water partition coefficient (Wildman–Crippen LogP) is 5.40. The molecule has 1 fully saturated rings. The first kappa shape index (κ1) is 34.3. The zero-order chi connectivity index (χ0) is 33.1. The Balaban J connectivity index is 1.79. The largest absolute Gasteiger partial charge is 0.497 e. The third kappa shape index (κ3) is 7.99. The fraction of sp³-hybridized carbons (Fsp3) is 0.500. The number of rotatable bonds is 9. The van der Waals surface area contributed by atoms with E-state index in [1.807, 2.05) is 6.92 Å². The quantitative estimate of drug-likeness (QED) is 0.345. The Morgan fingerprint density at radius 1 is 1.07 bits per heavy atom. The van der Waals surface area contributed by atoms with Gasteiger partial charge < -0.3 is 9.47 Å². The number of aliphatic imine (C=N–C) groups is 1. The Bertz CT molecular complexity index is 1410. The molecule has 2 aromatic carbocycles. The van der Waals surface area contributed by atoms with Crippen molar-refractivity contribution in [3.63, 3.8) is 0 Å². The summed E-state index contributed by atoms with van der Waals surface area (Å²) < 4.78 is 104. The second-order valence-electron chi connectivity index (χ2n) is 10.4. The number of methoxy groups -OCH3 is 1. The number of nitrogens with one attached hydrogen (secondary N) is 2. The van der Waals surface area contributed by atoms with E-state index in [0.717, 1.165) is 0 Å². The Morgan fingerprint density at radius 2 is 1.73 bits per heavy atom. The summed E-state index contributed by atoms with van der Waals surface area (Å²) in [6, 6.07) is 5.57. The zero-order valence-corrected chi connectivity index (χ0v) is 25.8. The van der Waals surface area contributed by atoms with E-state index in [9.17, 15) is 35.3 Å². The highest BCUT2D eigenvalue weighted by Gasteiger charge is 2.40. The Labute approximate surface area is 258 Å². The first-order chi connectivity index (χ1) is 21.2. The molecule has 2 aliphatic rings. The fourth-order valence-electron chi connectivity index (χ4n) is 5.18. The highest BCUT2D eigenvalue weighted by Crippen LogP contribution is 2.43. The summed E-state index contributed by atoms with van der Waals surface area (Å²) in [6.45, 7) is 3.41. The lowest BCUT2D eigenvalue weighted by atomic mass is 9.90. The SMILES string of the molecule is CCOC(=O)N1c2ccc(OC)cc2[C@@H](N=C2NNN(CCS(C)=O)N2Cc2cc(C(F)(F)F)cc(C(F)(F)F)c2)C[C@H]1CC. The molecule has 1 unspecified atom stereocenters. The monoisotopic (exact) mass is 664 g/mol. The van der Waals surface area contributed by atoms with Crippen molar-refractivity contribution in [2.24, 2.45) is 4.99 Å². The highest BCUT2D eigenvalue weighted by atomic mass is 32.2. The van der Waals surface area contributed by atoms with Gasteiger partial charge in [0.05, 0.1) is 43.1 Å². The van der Waals surface area contributed by atoms with Crippen LogP contribution in [0.15, 0.2) is 41.4 Å². The molecule has 0 spiro atoms. The molecule has 2 aromatic rings. The van der Waals surface area contributed by atoms with Gasteiger partial charge in [-0.25, -0.2) is 9.79 Å². The van der Waals surface area contributed by atoms with E-state index >= 15 is 0 Å². The molecule has 0 aromatic heterocycles. The number of anilines is 1. The van der Waals surface area contributed by atoms with E-state index < -0.39 is 53.0 Å². The van der Waals surface area contributed by atoms with Crippen LogP contribution in [0.5, 0.6) is 5.75 Å². The van der Waals surface area contributed by atoms with E-state index in [1.165, 1.54) is 23.5 Å². The summed E-state index contributed by atoms with van der Waals surface area (Å²) in [4.78, 5) is 19.4. The number of halogens is 6. The molecular weight excluding hydrogens is 630 g/mol. The van der Waals surface area contributed by atoms with Crippen molar-refractivity contribution in [2.45, 2.75) is 57.7 Å². The van der Waals surface area contributed by atoms with Gasteiger partial charge in [-0.2, -0.15) is 26.3 Å². The third-order valence-corrected chi connectivity index (χ3v) is 8.09. The smallest absolute Gasteiger partial charge is 0.416 e. The van der Waals surface area contributed by atoms with Crippen LogP contribution in [0.4, 0.5) is 36.8 Å². The minimum Gasteiger partial charge on any atom is -0.497 e. The number of benzene rings is 2. The summed E-state index contributed by atoms with van der Waals surface area (Å²) >= 11 is 0. The minimum absolute atomic E-state index is 0.0729. The van der Waals surface area contributed by atoms with Crippen LogP contribution in [0.3, 0.4) is 0 Å². The molecule has 248 valence electrons. The molecule has 1 amide bonds. The number of amides is 1. The summed E-state index contributed by atoms with van der Waals surface area (Å²) in [7, 11) is 0.222. The summed E-state index contributed by atoms with van der Waals surface area (Å²) in [5.74, 6) is 0.730. The normalized spacial score (nSPS) is 20.6. The molecule has 1 saturated heterocycles. The van der Waals surface area contributed by atoms with Crippen LogP contribution in [-0.2, 0) is 34.4 Å². The molecule has 0 bridgehead atoms. The minimum atomic E-state index is -5.02. The highest BCUT2D eigenvalue weighted by molar-refractivity contribution is 7.84. The van der Waals surface area contributed by atoms with Gasteiger partial charge in [0, 0.05) is 41.0 Å². The van der Waals surface area contributed by atoms with Gasteiger partial charge in [-0.05, 0) is 61.7 Å². The van der Waals surface area contributed by atoms with Crippen molar-refractivity contribution in [3.8, 4) is 5.75 Å². The standard InChI is InChI=1S/C28H34F6N6O4S/c1-5-20-14-23(22-15-21(43-3)7-8-24(22)40(20)26(41)44-6-2)35-25-36-37-39(9-10-45(4)42)38(25)16-17-11-18(27(29,30)31)13-19(12-17)28(32,33)34/h7-8,11-13,15,20,23,37H,5-6,9-10,14,16H2,1-4H3,(H,35,36)/t20-,23+,45?/m1/s1. The van der Waals surface area contributed by atoms with Gasteiger partial charge in [0.15, 0.2) is 0 Å². The number of guanidine groups is 1. The van der Waals surface area contributed by atoms with Crippen LogP contribution >= 0.6 is 0 Å². The third-order valence-electron chi connectivity index (χ3n) is 7.33. The number of fused-ring (bicyclic) bond motifs is 1. The maximum absolute atomic E-state index is 13.6. The van der Waals surface area contributed by atoms with E-state index in [0.29, 0.717) is 42.0 Å². The van der Waals surface area contributed by atoms with Crippen LogP contribution in [0, 0.1) is 0 Å². The lowest BCUT2D eigenvalue weighted by Crippen LogP contribution is -2.46. The second-order valence-corrected chi connectivity index (χ2v) is 11.9. The van der Waals surface area contributed by atoms with Gasteiger partial charge in [-0.3, -0.25) is 19.5 Å². The molecule has 4 rings (SSSR count). The Hall–Kier alpha value is -3.57. The van der Waals surface area contributed by atoms with Crippen LogP contribution in [-0.4, -0.2) is 64.7 Å². The van der Waals surface area contributed by atoms with Crippen LogP contribution in [0.25, 0.3) is 0 Å². The van der Waals surface area contributed by atoms with Crippen molar-refractivity contribution >= 4 is 28.5 Å². The number of ether oxygens (including phenoxy) is 2. The first-order valence-corrected chi connectivity index (χ1v) is 15.8.